The zero-order chi connectivity index (χ0) is 15.8. The molecular formula is C12H13Cl2NO4S2. The number of aromatic carboxylic acids is 1. The Kier molecular flexibility index (Phi) is 5.10. The van der Waals surface area contributed by atoms with Gasteiger partial charge >= 0.3 is 5.97 Å². The molecule has 1 aromatic rings. The van der Waals surface area contributed by atoms with Gasteiger partial charge in [-0.15, -0.1) is 0 Å². The predicted molar refractivity (Wildman–Crippen MR) is 84.1 cm³/mol. The van der Waals surface area contributed by atoms with Gasteiger partial charge in [-0.1, -0.05) is 30.1 Å². The first kappa shape index (κ1) is 16.9. The molecular weight excluding hydrogens is 357 g/mol. The molecule has 116 valence electrons. The summed E-state index contributed by atoms with van der Waals surface area (Å²) >= 11 is 13.5. The maximum absolute atomic E-state index is 12.7. The molecule has 1 aromatic carbocycles. The minimum absolute atomic E-state index is 0.0230. The fourth-order valence-electron chi connectivity index (χ4n) is 2.05. The summed E-state index contributed by atoms with van der Waals surface area (Å²) < 4.78 is 26.6. The van der Waals surface area contributed by atoms with Crippen molar-refractivity contribution in [2.75, 3.05) is 18.8 Å². The maximum Gasteiger partial charge on any atom is 0.337 e. The lowest BCUT2D eigenvalue weighted by molar-refractivity contribution is 0.0697. The predicted octanol–water partition coefficient (Wildman–Crippen LogP) is 2.82. The summed E-state index contributed by atoms with van der Waals surface area (Å²) in [6, 6.07) is 2.33. The Hall–Kier alpha value is -0.470. The highest BCUT2D eigenvalue weighted by Gasteiger charge is 2.32. The van der Waals surface area contributed by atoms with Gasteiger partial charge in [0, 0.05) is 29.1 Å². The molecule has 1 atom stereocenters. The second-order valence-corrected chi connectivity index (χ2v) is 8.88. The van der Waals surface area contributed by atoms with Gasteiger partial charge in [0.15, 0.2) is 0 Å². The topological polar surface area (TPSA) is 74.7 Å². The van der Waals surface area contributed by atoms with E-state index in [-0.39, 0.29) is 25.8 Å². The zero-order valence-corrected chi connectivity index (χ0v) is 14.2. The fourth-order valence-corrected chi connectivity index (χ4v) is 5.68. The van der Waals surface area contributed by atoms with Crippen LogP contribution < -0.4 is 0 Å². The number of nitrogens with zero attached hydrogens (tertiary/aromatic N) is 1. The van der Waals surface area contributed by atoms with Gasteiger partial charge in [-0.25, -0.2) is 13.2 Å². The number of hydrogen-bond acceptors (Lipinski definition) is 4. The van der Waals surface area contributed by atoms with Crippen molar-refractivity contribution in [2.24, 2.45) is 0 Å². The first-order valence-electron chi connectivity index (χ1n) is 6.07. The zero-order valence-electron chi connectivity index (χ0n) is 11.0. The highest BCUT2D eigenvalue weighted by molar-refractivity contribution is 8.00. The van der Waals surface area contributed by atoms with Gasteiger partial charge < -0.3 is 5.11 Å². The van der Waals surface area contributed by atoms with Crippen molar-refractivity contribution >= 4 is 51.0 Å². The molecule has 0 aliphatic carbocycles. The van der Waals surface area contributed by atoms with E-state index < -0.39 is 16.0 Å². The number of thioether (sulfide) groups is 1. The van der Waals surface area contributed by atoms with Crippen molar-refractivity contribution in [3.8, 4) is 0 Å². The van der Waals surface area contributed by atoms with Crippen molar-refractivity contribution in [3.63, 3.8) is 0 Å². The molecule has 0 saturated carbocycles. The van der Waals surface area contributed by atoms with Crippen LogP contribution in [0.1, 0.15) is 17.3 Å². The van der Waals surface area contributed by atoms with E-state index in [0.717, 1.165) is 6.07 Å². The van der Waals surface area contributed by atoms with Gasteiger partial charge in [-0.2, -0.15) is 16.1 Å². The van der Waals surface area contributed by atoms with Gasteiger partial charge in [0.25, 0.3) is 0 Å². The lowest BCUT2D eigenvalue weighted by Gasteiger charge is -2.30. The Morgan fingerprint density at radius 1 is 1.43 bits per heavy atom. The number of hydrogen-bond donors (Lipinski definition) is 1. The van der Waals surface area contributed by atoms with Crippen LogP contribution in [0, 0.1) is 0 Å². The largest absolute Gasteiger partial charge is 0.478 e. The minimum atomic E-state index is -3.86. The van der Waals surface area contributed by atoms with Crippen molar-refractivity contribution in [1.82, 2.24) is 4.31 Å². The first-order valence-corrected chi connectivity index (χ1v) is 9.32. The van der Waals surface area contributed by atoms with E-state index >= 15 is 0 Å². The molecule has 0 amide bonds. The summed E-state index contributed by atoms with van der Waals surface area (Å²) in [5, 5.41) is 8.96. The van der Waals surface area contributed by atoms with Crippen molar-refractivity contribution in [1.29, 1.82) is 0 Å². The van der Waals surface area contributed by atoms with Crippen LogP contribution in [0.15, 0.2) is 17.0 Å². The number of rotatable bonds is 3. The molecule has 9 heteroatoms. The van der Waals surface area contributed by atoms with Gasteiger partial charge in [-0.3, -0.25) is 0 Å². The molecule has 0 aromatic heterocycles. The van der Waals surface area contributed by atoms with Gasteiger partial charge in [0.2, 0.25) is 10.0 Å². The third-order valence-electron chi connectivity index (χ3n) is 3.06. The van der Waals surface area contributed by atoms with Crippen LogP contribution in [-0.2, 0) is 10.0 Å². The molecule has 1 saturated heterocycles. The van der Waals surface area contributed by atoms with E-state index in [0.29, 0.717) is 18.8 Å². The average molecular weight is 370 g/mol. The van der Waals surface area contributed by atoms with Crippen LogP contribution in [-0.4, -0.2) is 47.9 Å². The van der Waals surface area contributed by atoms with Crippen LogP contribution in [0.5, 0.6) is 0 Å². The second kappa shape index (κ2) is 6.34. The summed E-state index contributed by atoms with van der Waals surface area (Å²) in [4.78, 5) is 10.9. The van der Waals surface area contributed by atoms with Crippen molar-refractivity contribution in [2.45, 2.75) is 17.1 Å². The van der Waals surface area contributed by atoms with E-state index in [2.05, 4.69) is 0 Å². The molecule has 21 heavy (non-hydrogen) atoms. The van der Waals surface area contributed by atoms with E-state index in [1.807, 2.05) is 6.92 Å². The van der Waals surface area contributed by atoms with Crippen molar-refractivity contribution < 1.29 is 18.3 Å². The van der Waals surface area contributed by atoms with E-state index in [1.54, 1.807) is 11.8 Å². The Morgan fingerprint density at radius 3 is 2.67 bits per heavy atom. The van der Waals surface area contributed by atoms with Crippen LogP contribution in [0.4, 0.5) is 0 Å². The molecule has 0 bridgehead atoms. The molecule has 1 aliphatic heterocycles. The van der Waals surface area contributed by atoms with E-state index in [1.165, 1.54) is 10.4 Å². The summed E-state index contributed by atoms with van der Waals surface area (Å²) in [5.41, 5.74) is -0.317. The molecule has 1 N–H and O–H groups in total. The Bertz CT molecular complexity index is 678. The Balaban J connectivity index is 2.52. The Morgan fingerprint density at radius 2 is 2.10 bits per heavy atom. The maximum atomic E-state index is 12.7. The monoisotopic (exact) mass is 369 g/mol. The molecule has 5 nitrogen and oxygen atoms in total. The summed E-state index contributed by atoms with van der Waals surface area (Å²) in [5.74, 6) is -0.633. The molecule has 2 rings (SSSR count). The van der Waals surface area contributed by atoms with E-state index in [4.69, 9.17) is 28.3 Å². The molecule has 0 radical (unpaired) electrons. The van der Waals surface area contributed by atoms with Crippen molar-refractivity contribution in [3.05, 3.63) is 27.7 Å². The summed E-state index contributed by atoms with van der Waals surface area (Å²) in [6.45, 7) is 2.66. The molecule has 1 aliphatic rings. The van der Waals surface area contributed by atoms with E-state index in [9.17, 15) is 13.2 Å². The summed E-state index contributed by atoms with van der Waals surface area (Å²) in [6.07, 6.45) is 0. The minimum Gasteiger partial charge on any atom is -0.478 e. The summed E-state index contributed by atoms with van der Waals surface area (Å²) in [7, 11) is -3.86. The number of carboxylic acid groups (broad SMARTS) is 1. The van der Waals surface area contributed by atoms with Crippen LogP contribution >= 0.6 is 35.0 Å². The number of carbonyl (C=O) groups is 1. The standard InChI is InChI=1S/C12H13Cl2NO4S2/c1-7-6-15(2-3-20-7)21(18,19)10-5-8(13)4-9(11(10)14)12(16)17/h4-5,7H,2-3,6H2,1H3,(H,16,17). The van der Waals surface area contributed by atoms with Gasteiger partial charge in [0.05, 0.1) is 10.6 Å². The SMILES string of the molecule is CC1CN(S(=O)(=O)c2cc(Cl)cc(C(=O)O)c2Cl)CCS1. The lowest BCUT2D eigenvalue weighted by Crippen LogP contribution is -2.41. The molecule has 1 heterocycles. The molecule has 1 unspecified atom stereocenters. The van der Waals surface area contributed by atoms with Gasteiger partial charge in [0.1, 0.15) is 4.90 Å². The Labute approximate surface area is 137 Å². The highest BCUT2D eigenvalue weighted by Crippen LogP contribution is 2.33. The highest BCUT2D eigenvalue weighted by atomic mass is 35.5. The van der Waals surface area contributed by atoms with Crippen LogP contribution in [0.3, 0.4) is 0 Å². The second-order valence-electron chi connectivity index (χ2n) is 4.62. The quantitative estimate of drug-likeness (QED) is 0.886. The molecule has 1 fully saturated rings. The first-order chi connectivity index (χ1) is 9.73. The lowest BCUT2D eigenvalue weighted by atomic mass is 10.2. The fraction of sp³-hybridized carbons (Fsp3) is 0.417. The number of sulfonamides is 1. The molecule has 0 spiro atoms. The average Bonchev–Trinajstić information content (AvgIpc) is 2.40. The normalized spacial score (nSPS) is 20.4. The van der Waals surface area contributed by atoms with Gasteiger partial charge in [-0.05, 0) is 12.1 Å². The van der Waals surface area contributed by atoms with Crippen LogP contribution in [0.25, 0.3) is 0 Å². The number of carboxylic acids is 1. The number of benzene rings is 1. The van der Waals surface area contributed by atoms with Crippen LogP contribution in [0.2, 0.25) is 10.0 Å². The third-order valence-corrected chi connectivity index (χ3v) is 6.82. The smallest absolute Gasteiger partial charge is 0.337 e. The number of halogens is 2. The third kappa shape index (κ3) is 3.48.